The third-order valence-electron chi connectivity index (χ3n) is 5.30. The Balaban J connectivity index is 1.51. The number of aromatic nitrogens is 4. The molecule has 8 heteroatoms. The lowest BCUT2D eigenvalue weighted by molar-refractivity contribution is 0.0689. The van der Waals surface area contributed by atoms with Crippen LogP contribution >= 0.6 is 0 Å². The molecular weight excluding hydrogens is 346 g/mol. The summed E-state index contributed by atoms with van der Waals surface area (Å²) < 4.78 is 1.78. The van der Waals surface area contributed by atoms with Crippen molar-refractivity contribution < 1.29 is 14.7 Å². The summed E-state index contributed by atoms with van der Waals surface area (Å²) in [6.45, 7) is 4.95. The number of hydrogen-bond donors (Lipinski definition) is 2. The molecule has 0 aliphatic carbocycles. The second kappa shape index (κ2) is 6.53. The van der Waals surface area contributed by atoms with Crippen LogP contribution in [0.25, 0.3) is 10.9 Å². The van der Waals surface area contributed by atoms with Crippen molar-refractivity contribution >= 4 is 22.8 Å². The summed E-state index contributed by atoms with van der Waals surface area (Å²) >= 11 is 0. The molecule has 1 aliphatic rings. The molecule has 3 aromatic rings. The Morgan fingerprint density at radius 2 is 1.89 bits per heavy atom. The molecule has 4 rings (SSSR count). The molecule has 1 amide bonds. The molecule has 27 heavy (non-hydrogen) atoms. The highest BCUT2D eigenvalue weighted by Crippen LogP contribution is 2.27. The smallest absolute Gasteiger partial charge is 0.339 e. The van der Waals surface area contributed by atoms with Crippen molar-refractivity contribution in [2.75, 3.05) is 13.1 Å². The van der Waals surface area contributed by atoms with Crippen LogP contribution in [0.4, 0.5) is 0 Å². The van der Waals surface area contributed by atoms with Crippen LogP contribution in [0, 0.1) is 13.8 Å². The molecular formula is C19H21N5O3. The maximum absolute atomic E-state index is 13.0. The van der Waals surface area contributed by atoms with Crippen molar-refractivity contribution in [2.24, 2.45) is 0 Å². The van der Waals surface area contributed by atoms with E-state index in [2.05, 4.69) is 15.3 Å². The first-order chi connectivity index (χ1) is 13.0. The minimum Gasteiger partial charge on any atom is -0.478 e. The van der Waals surface area contributed by atoms with Gasteiger partial charge in [0.1, 0.15) is 5.56 Å². The lowest BCUT2D eigenvalue weighted by Gasteiger charge is -2.32. The Bertz CT molecular complexity index is 1030. The number of likely N-dealkylation sites (tertiary alicyclic amines) is 1. The zero-order valence-electron chi connectivity index (χ0n) is 15.3. The number of carboxylic acids is 1. The van der Waals surface area contributed by atoms with E-state index in [9.17, 15) is 14.7 Å². The topological polar surface area (TPSA) is 104 Å². The highest BCUT2D eigenvalue weighted by molar-refractivity contribution is 6.05. The monoisotopic (exact) mass is 367 g/mol. The fraction of sp³-hybridized carbons (Fsp3) is 0.368. The molecule has 1 aliphatic heterocycles. The molecule has 2 N–H and O–H groups in total. The van der Waals surface area contributed by atoms with Crippen LogP contribution in [0.3, 0.4) is 0 Å². The molecule has 0 unspecified atom stereocenters. The molecule has 8 nitrogen and oxygen atoms in total. The average molecular weight is 367 g/mol. The van der Waals surface area contributed by atoms with Crippen LogP contribution in [0.2, 0.25) is 0 Å². The number of aromatic amines is 1. The first-order valence-corrected chi connectivity index (χ1v) is 8.96. The number of fused-ring (bicyclic) bond motifs is 1. The molecule has 0 radical (unpaired) electrons. The minimum absolute atomic E-state index is 0.00480. The highest BCUT2D eigenvalue weighted by Gasteiger charge is 2.28. The molecule has 2 aromatic heterocycles. The van der Waals surface area contributed by atoms with Crippen LogP contribution in [0.1, 0.15) is 50.9 Å². The zero-order chi connectivity index (χ0) is 19.1. The first-order valence-electron chi connectivity index (χ1n) is 8.96. The van der Waals surface area contributed by atoms with E-state index in [-0.39, 0.29) is 17.5 Å². The van der Waals surface area contributed by atoms with Crippen molar-refractivity contribution in [3.8, 4) is 0 Å². The Hall–Kier alpha value is -3.16. The number of H-pyrrole nitrogens is 1. The number of aromatic carboxylic acids is 1. The predicted octanol–water partition coefficient (Wildman–Crippen LogP) is 2.55. The van der Waals surface area contributed by atoms with E-state index in [4.69, 9.17) is 0 Å². The number of amides is 1. The summed E-state index contributed by atoms with van der Waals surface area (Å²) in [5.74, 6) is -0.968. The van der Waals surface area contributed by atoms with Gasteiger partial charge in [-0.2, -0.15) is 10.2 Å². The number of aryl methyl sites for hydroxylation is 1. The summed E-state index contributed by atoms with van der Waals surface area (Å²) in [7, 11) is 0. The Kier molecular flexibility index (Phi) is 4.18. The van der Waals surface area contributed by atoms with Crippen LogP contribution in [0.5, 0.6) is 0 Å². The van der Waals surface area contributed by atoms with E-state index < -0.39 is 5.97 Å². The largest absolute Gasteiger partial charge is 0.478 e. The zero-order valence-corrected chi connectivity index (χ0v) is 15.3. The van der Waals surface area contributed by atoms with E-state index in [0.717, 1.165) is 29.3 Å². The van der Waals surface area contributed by atoms with Gasteiger partial charge >= 0.3 is 5.97 Å². The van der Waals surface area contributed by atoms with Crippen molar-refractivity contribution in [3.05, 3.63) is 46.9 Å². The third kappa shape index (κ3) is 2.97. The first kappa shape index (κ1) is 17.3. The summed E-state index contributed by atoms with van der Waals surface area (Å²) in [6.07, 6.45) is 4.61. The summed E-state index contributed by atoms with van der Waals surface area (Å²) in [6, 6.07) is 4.00. The fourth-order valence-electron chi connectivity index (χ4n) is 3.86. The van der Waals surface area contributed by atoms with Gasteiger partial charge in [-0.05, 0) is 44.4 Å². The van der Waals surface area contributed by atoms with Gasteiger partial charge in [0.05, 0.1) is 35.2 Å². The van der Waals surface area contributed by atoms with Crippen LogP contribution < -0.4 is 0 Å². The van der Waals surface area contributed by atoms with Gasteiger partial charge < -0.3 is 10.0 Å². The number of nitrogens with zero attached hydrogens (tertiary/aromatic N) is 4. The SMILES string of the molecule is Cc1cc(C(=O)N2CCC(n3ncc(C(=O)O)c3C)CC2)c2[nH]ncc2c1. The van der Waals surface area contributed by atoms with Gasteiger partial charge in [0.2, 0.25) is 0 Å². The third-order valence-corrected chi connectivity index (χ3v) is 5.30. The Morgan fingerprint density at radius 3 is 2.56 bits per heavy atom. The minimum atomic E-state index is -0.964. The number of rotatable bonds is 3. The predicted molar refractivity (Wildman–Crippen MR) is 98.9 cm³/mol. The maximum Gasteiger partial charge on any atom is 0.339 e. The number of hydrogen-bond acceptors (Lipinski definition) is 4. The Morgan fingerprint density at radius 1 is 1.15 bits per heavy atom. The molecule has 0 atom stereocenters. The van der Waals surface area contributed by atoms with Gasteiger partial charge in [0, 0.05) is 18.5 Å². The van der Waals surface area contributed by atoms with Crippen molar-refractivity contribution in [2.45, 2.75) is 32.7 Å². The van der Waals surface area contributed by atoms with Gasteiger partial charge in [-0.3, -0.25) is 14.6 Å². The average Bonchev–Trinajstić information content (AvgIpc) is 3.27. The van der Waals surface area contributed by atoms with Crippen molar-refractivity contribution in [1.82, 2.24) is 24.9 Å². The number of carbonyl (C=O) groups is 2. The summed E-state index contributed by atoms with van der Waals surface area (Å²) in [4.78, 5) is 26.1. The molecule has 1 aromatic carbocycles. The van der Waals surface area contributed by atoms with Gasteiger partial charge in [0.25, 0.3) is 5.91 Å². The lowest BCUT2D eigenvalue weighted by atomic mass is 10.0. The standard InChI is InChI=1S/C19H21N5O3/c1-11-7-13-9-20-22-17(13)15(8-11)18(25)23-5-3-14(4-6-23)24-12(2)16(10-21-24)19(26)27/h7-10,14H,3-6H2,1-2H3,(H,20,22)(H,26,27). The second-order valence-electron chi connectivity index (χ2n) is 7.06. The summed E-state index contributed by atoms with van der Waals surface area (Å²) in [5, 5.41) is 21.4. The van der Waals surface area contributed by atoms with Gasteiger partial charge in [-0.1, -0.05) is 0 Å². The van der Waals surface area contributed by atoms with E-state index in [1.165, 1.54) is 6.20 Å². The molecule has 1 saturated heterocycles. The van der Waals surface area contributed by atoms with Crippen molar-refractivity contribution in [1.29, 1.82) is 0 Å². The van der Waals surface area contributed by atoms with E-state index in [1.54, 1.807) is 17.8 Å². The molecule has 0 bridgehead atoms. The second-order valence-corrected chi connectivity index (χ2v) is 7.06. The lowest BCUT2D eigenvalue weighted by Crippen LogP contribution is -2.39. The fourth-order valence-corrected chi connectivity index (χ4v) is 3.86. The van der Waals surface area contributed by atoms with Crippen LogP contribution in [-0.2, 0) is 0 Å². The quantitative estimate of drug-likeness (QED) is 0.740. The maximum atomic E-state index is 13.0. The number of piperidine rings is 1. The van der Waals surface area contributed by atoms with E-state index >= 15 is 0 Å². The number of carboxylic acid groups (broad SMARTS) is 1. The van der Waals surface area contributed by atoms with Gasteiger partial charge in [0.15, 0.2) is 0 Å². The number of benzene rings is 1. The van der Waals surface area contributed by atoms with Crippen LogP contribution in [0.15, 0.2) is 24.5 Å². The van der Waals surface area contributed by atoms with Crippen molar-refractivity contribution in [3.63, 3.8) is 0 Å². The molecule has 0 saturated carbocycles. The highest BCUT2D eigenvalue weighted by atomic mass is 16.4. The number of nitrogens with one attached hydrogen (secondary N) is 1. The molecule has 3 heterocycles. The van der Waals surface area contributed by atoms with E-state index in [0.29, 0.717) is 24.3 Å². The molecule has 0 spiro atoms. The van der Waals surface area contributed by atoms with Gasteiger partial charge in [-0.15, -0.1) is 0 Å². The molecule has 1 fully saturated rings. The normalized spacial score (nSPS) is 15.4. The van der Waals surface area contributed by atoms with Gasteiger partial charge in [-0.25, -0.2) is 4.79 Å². The summed E-state index contributed by atoms with van der Waals surface area (Å²) in [5.41, 5.74) is 3.32. The molecule has 140 valence electrons. The van der Waals surface area contributed by atoms with E-state index in [1.807, 2.05) is 24.0 Å². The number of carbonyl (C=O) groups excluding carboxylic acids is 1. The van der Waals surface area contributed by atoms with Crippen LogP contribution in [-0.4, -0.2) is 55.0 Å². The Labute approximate surface area is 155 Å².